The summed E-state index contributed by atoms with van der Waals surface area (Å²) in [6.07, 6.45) is 8.39. The summed E-state index contributed by atoms with van der Waals surface area (Å²) >= 11 is 0. The molecule has 3 nitrogen and oxygen atoms in total. The van der Waals surface area contributed by atoms with Crippen molar-refractivity contribution in [3.8, 4) is 0 Å². The van der Waals surface area contributed by atoms with Crippen molar-refractivity contribution in [2.24, 2.45) is 11.3 Å². The van der Waals surface area contributed by atoms with Crippen molar-refractivity contribution in [3.05, 3.63) is 0 Å². The lowest BCUT2D eigenvalue weighted by Gasteiger charge is -2.31. The molecule has 0 radical (unpaired) electrons. The van der Waals surface area contributed by atoms with E-state index in [1.807, 2.05) is 6.92 Å². The van der Waals surface area contributed by atoms with Gasteiger partial charge in [0.25, 0.3) is 0 Å². The van der Waals surface area contributed by atoms with E-state index in [-0.39, 0.29) is 11.4 Å². The van der Waals surface area contributed by atoms with Crippen molar-refractivity contribution < 1.29 is 14.3 Å². The fourth-order valence-corrected chi connectivity index (χ4v) is 3.21. The van der Waals surface area contributed by atoms with E-state index in [0.717, 1.165) is 12.8 Å². The fraction of sp³-hybridized carbons (Fsp3) is 0.929. The summed E-state index contributed by atoms with van der Waals surface area (Å²) in [5.74, 6) is 0.686. The highest BCUT2D eigenvalue weighted by atomic mass is 16.5. The first kappa shape index (κ1) is 12.9. The molecule has 0 aromatic heterocycles. The highest BCUT2D eigenvalue weighted by molar-refractivity contribution is 5.78. The summed E-state index contributed by atoms with van der Waals surface area (Å²) in [5.41, 5.74) is -0.321. The second kappa shape index (κ2) is 5.85. The lowest BCUT2D eigenvalue weighted by molar-refractivity contribution is -0.150. The molecule has 2 rings (SSSR count). The van der Waals surface area contributed by atoms with E-state index in [9.17, 15) is 4.79 Å². The molecule has 2 fully saturated rings. The van der Waals surface area contributed by atoms with E-state index < -0.39 is 0 Å². The minimum atomic E-state index is -0.321. The van der Waals surface area contributed by atoms with Crippen LogP contribution in [0.1, 0.15) is 51.9 Å². The van der Waals surface area contributed by atoms with Gasteiger partial charge in [0.2, 0.25) is 0 Å². The van der Waals surface area contributed by atoms with Crippen molar-refractivity contribution in [1.29, 1.82) is 0 Å². The average Bonchev–Trinajstić information content (AvgIpc) is 2.70. The fourth-order valence-electron chi connectivity index (χ4n) is 3.21. The SMILES string of the molecule is CCOCC1(CC2CCCCC2)CCOC1=O. The molecule has 1 unspecified atom stereocenters. The molecule has 1 aliphatic heterocycles. The van der Waals surface area contributed by atoms with Gasteiger partial charge in [-0.25, -0.2) is 0 Å². The highest BCUT2D eigenvalue weighted by Crippen LogP contribution is 2.41. The molecule has 0 aromatic rings. The third-order valence-electron chi connectivity index (χ3n) is 4.23. The molecule has 98 valence electrons. The minimum absolute atomic E-state index is 0.0171. The first-order valence-electron chi connectivity index (χ1n) is 7.02. The van der Waals surface area contributed by atoms with Gasteiger partial charge in [-0.3, -0.25) is 4.79 Å². The molecule has 17 heavy (non-hydrogen) atoms. The lowest BCUT2D eigenvalue weighted by atomic mass is 9.74. The first-order chi connectivity index (χ1) is 8.27. The number of cyclic esters (lactones) is 1. The summed E-state index contributed by atoms with van der Waals surface area (Å²) in [6.45, 7) is 3.80. The molecule has 1 atom stereocenters. The van der Waals surface area contributed by atoms with E-state index in [2.05, 4.69) is 0 Å². The highest BCUT2D eigenvalue weighted by Gasteiger charge is 2.46. The Morgan fingerprint density at radius 2 is 2.12 bits per heavy atom. The lowest BCUT2D eigenvalue weighted by Crippen LogP contribution is -2.35. The molecule has 3 heteroatoms. The van der Waals surface area contributed by atoms with Crippen molar-refractivity contribution in [3.63, 3.8) is 0 Å². The second-order valence-electron chi connectivity index (χ2n) is 5.51. The molecule has 2 aliphatic rings. The van der Waals surface area contributed by atoms with Gasteiger partial charge in [0.1, 0.15) is 0 Å². The van der Waals surface area contributed by atoms with Gasteiger partial charge in [0.15, 0.2) is 0 Å². The summed E-state index contributed by atoms with van der Waals surface area (Å²) in [6, 6.07) is 0. The molecule has 1 saturated carbocycles. The topological polar surface area (TPSA) is 35.5 Å². The molecular formula is C14H24O3. The van der Waals surface area contributed by atoms with Gasteiger partial charge in [-0.05, 0) is 25.7 Å². The Morgan fingerprint density at radius 1 is 1.35 bits per heavy atom. The maximum Gasteiger partial charge on any atom is 0.314 e. The zero-order valence-electron chi connectivity index (χ0n) is 10.9. The molecule has 0 spiro atoms. The van der Waals surface area contributed by atoms with Gasteiger partial charge in [-0.2, -0.15) is 0 Å². The van der Waals surface area contributed by atoms with Crippen LogP contribution in [0.3, 0.4) is 0 Å². The van der Waals surface area contributed by atoms with Crippen LogP contribution in [0.5, 0.6) is 0 Å². The van der Waals surface area contributed by atoms with E-state index in [1.165, 1.54) is 32.1 Å². The maximum absolute atomic E-state index is 12.0. The third kappa shape index (κ3) is 3.01. The molecular weight excluding hydrogens is 216 g/mol. The zero-order chi connectivity index (χ0) is 12.1. The summed E-state index contributed by atoms with van der Waals surface area (Å²) in [4.78, 5) is 12.0. The van der Waals surface area contributed by atoms with Crippen LogP contribution in [0, 0.1) is 11.3 Å². The van der Waals surface area contributed by atoms with E-state index in [1.54, 1.807) is 0 Å². The average molecular weight is 240 g/mol. The van der Waals surface area contributed by atoms with Crippen LogP contribution in [0.25, 0.3) is 0 Å². The number of hydrogen-bond acceptors (Lipinski definition) is 3. The Labute approximate surface area is 104 Å². The maximum atomic E-state index is 12.0. The van der Waals surface area contributed by atoms with Crippen LogP contribution in [-0.4, -0.2) is 25.8 Å². The quantitative estimate of drug-likeness (QED) is 0.693. The van der Waals surface area contributed by atoms with Crippen LogP contribution in [0.15, 0.2) is 0 Å². The predicted molar refractivity (Wildman–Crippen MR) is 65.7 cm³/mol. The van der Waals surface area contributed by atoms with E-state index >= 15 is 0 Å². The van der Waals surface area contributed by atoms with Crippen LogP contribution in [-0.2, 0) is 14.3 Å². The van der Waals surface area contributed by atoms with Crippen LogP contribution < -0.4 is 0 Å². The number of rotatable bonds is 5. The molecule has 1 saturated heterocycles. The van der Waals surface area contributed by atoms with E-state index in [0.29, 0.717) is 25.7 Å². The van der Waals surface area contributed by atoms with Gasteiger partial charge >= 0.3 is 5.97 Å². The van der Waals surface area contributed by atoms with Crippen LogP contribution in [0.2, 0.25) is 0 Å². The number of carbonyl (C=O) groups is 1. The standard InChI is InChI=1S/C14H24O3/c1-2-16-11-14(8-9-17-13(14)15)10-12-6-4-3-5-7-12/h12H,2-11H2,1H3. The Hall–Kier alpha value is -0.570. The number of carbonyl (C=O) groups excluding carboxylic acids is 1. The molecule has 0 bridgehead atoms. The Kier molecular flexibility index (Phi) is 4.43. The van der Waals surface area contributed by atoms with Gasteiger partial charge in [0, 0.05) is 6.61 Å². The van der Waals surface area contributed by atoms with E-state index in [4.69, 9.17) is 9.47 Å². The predicted octanol–water partition coefficient (Wildman–Crippen LogP) is 2.93. The summed E-state index contributed by atoms with van der Waals surface area (Å²) in [5, 5.41) is 0. The smallest absolute Gasteiger partial charge is 0.314 e. The number of hydrogen-bond donors (Lipinski definition) is 0. The van der Waals surface area contributed by atoms with Gasteiger partial charge in [-0.1, -0.05) is 32.1 Å². The minimum Gasteiger partial charge on any atom is -0.465 e. The Bertz CT molecular complexity index is 258. The zero-order valence-corrected chi connectivity index (χ0v) is 10.9. The largest absolute Gasteiger partial charge is 0.465 e. The molecule has 1 aliphatic carbocycles. The normalized spacial score (nSPS) is 30.5. The van der Waals surface area contributed by atoms with Crippen molar-refractivity contribution in [2.75, 3.05) is 19.8 Å². The molecule has 0 N–H and O–H groups in total. The summed E-state index contributed by atoms with van der Waals surface area (Å²) in [7, 11) is 0. The second-order valence-corrected chi connectivity index (χ2v) is 5.51. The van der Waals surface area contributed by atoms with Crippen molar-refractivity contribution in [2.45, 2.75) is 51.9 Å². The van der Waals surface area contributed by atoms with Gasteiger partial charge < -0.3 is 9.47 Å². The molecule has 0 amide bonds. The molecule has 1 heterocycles. The Morgan fingerprint density at radius 3 is 2.71 bits per heavy atom. The third-order valence-corrected chi connectivity index (χ3v) is 4.23. The van der Waals surface area contributed by atoms with Crippen LogP contribution >= 0.6 is 0 Å². The van der Waals surface area contributed by atoms with Gasteiger partial charge in [0.05, 0.1) is 18.6 Å². The van der Waals surface area contributed by atoms with Gasteiger partial charge in [-0.15, -0.1) is 0 Å². The Balaban J connectivity index is 1.96. The van der Waals surface area contributed by atoms with Crippen LogP contribution in [0.4, 0.5) is 0 Å². The molecule has 0 aromatic carbocycles. The first-order valence-corrected chi connectivity index (χ1v) is 7.02. The van der Waals surface area contributed by atoms with Crippen molar-refractivity contribution in [1.82, 2.24) is 0 Å². The number of esters is 1. The number of ether oxygens (including phenoxy) is 2. The summed E-state index contributed by atoms with van der Waals surface area (Å²) < 4.78 is 10.7. The monoisotopic (exact) mass is 240 g/mol. The van der Waals surface area contributed by atoms with Crippen molar-refractivity contribution >= 4 is 5.97 Å².